The number of thioether (sulfide) groups is 1. The van der Waals surface area contributed by atoms with E-state index in [2.05, 4.69) is 20.5 Å². The molecule has 152 valence electrons. The molecule has 1 N–H and O–H groups in total. The summed E-state index contributed by atoms with van der Waals surface area (Å²) in [6, 6.07) is 14.7. The molecule has 4 aromatic rings. The summed E-state index contributed by atoms with van der Waals surface area (Å²) in [5.41, 5.74) is 1.56. The Kier molecular flexibility index (Phi) is 6.09. The Morgan fingerprint density at radius 2 is 2.03 bits per heavy atom. The maximum Gasteiger partial charge on any atom is 0.234 e. The molecule has 1 amide bonds. The fourth-order valence-corrected chi connectivity index (χ4v) is 3.58. The van der Waals surface area contributed by atoms with Crippen LogP contribution in [0.2, 0.25) is 0 Å². The largest absolute Gasteiger partial charge is 0.497 e. The first kappa shape index (κ1) is 19.7. The molecule has 0 bridgehead atoms. The van der Waals surface area contributed by atoms with Gasteiger partial charge >= 0.3 is 0 Å². The molecular weight excluding hydrogens is 402 g/mol. The molecule has 4 rings (SSSR count). The normalized spacial score (nSPS) is 10.7. The van der Waals surface area contributed by atoms with Gasteiger partial charge in [-0.3, -0.25) is 14.3 Å². The van der Waals surface area contributed by atoms with Crippen molar-refractivity contribution in [3.63, 3.8) is 0 Å². The standard InChI is InChI=1S/C21H19N5O3S/c1-28-17-5-2-4-16(12-17)23-19(27)14-30-21-25-24-20(15-7-9-22-10-8-15)26(21)13-18-6-3-11-29-18/h2-12H,13-14H2,1H3,(H,23,27). The molecule has 0 atom stereocenters. The number of hydrogen-bond donors (Lipinski definition) is 1. The van der Waals surface area contributed by atoms with E-state index in [1.807, 2.05) is 47.0 Å². The van der Waals surface area contributed by atoms with Crippen LogP contribution in [0.4, 0.5) is 5.69 Å². The van der Waals surface area contributed by atoms with E-state index in [1.165, 1.54) is 11.8 Å². The lowest BCUT2D eigenvalue weighted by Crippen LogP contribution is -2.14. The molecule has 0 unspecified atom stereocenters. The van der Waals surface area contributed by atoms with Gasteiger partial charge in [0.15, 0.2) is 11.0 Å². The average Bonchev–Trinajstić information content (AvgIpc) is 3.43. The second-order valence-corrected chi connectivity index (χ2v) is 7.22. The van der Waals surface area contributed by atoms with E-state index in [0.29, 0.717) is 29.0 Å². The first-order chi connectivity index (χ1) is 14.7. The van der Waals surface area contributed by atoms with Gasteiger partial charge in [0, 0.05) is 29.7 Å². The number of aromatic nitrogens is 4. The third kappa shape index (κ3) is 4.69. The minimum absolute atomic E-state index is 0.147. The van der Waals surface area contributed by atoms with Crippen LogP contribution in [-0.2, 0) is 11.3 Å². The van der Waals surface area contributed by atoms with Crippen LogP contribution in [0.3, 0.4) is 0 Å². The first-order valence-corrected chi connectivity index (χ1v) is 10.1. The van der Waals surface area contributed by atoms with Gasteiger partial charge in [-0.2, -0.15) is 0 Å². The lowest BCUT2D eigenvalue weighted by molar-refractivity contribution is -0.113. The number of pyridine rings is 1. The quantitative estimate of drug-likeness (QED) is 0.433. The third-order valence-electron chi connectivity index (χ3n) is 4.24. The van der Waals surface area contributed by atoms with E-state index in [-0.39, 0.29) is 11.7 Å². The highest BCUT2D eigenvalue weighted by molar-refractivity contribution is 7.99. The van der Waals surface area contributed by atoms with Crippen LogP contribution in [0.5, 0.6) is 5.75 Å². The Morgan fingerprint density at radius 1 is 1.17 bits per heavy atom. The number of benzene rings is 1. The molecule has 0 saturated carbocycles. The minimum Gasteiger partial charge on any atom is -0.497 e. The molecule has 0 aliphatic rings. The number of anilines is 1. The van der Waals surface area contributed by atoms with E-state index >= 15 is 0 Å². The van der Waals surface area contributed by atoms with Crippen LogP contribution in [0.15, 0.2) is 76.8 Å². The number of carbonyl (C=O) groups excluding carboxylic acids is 1. The van der Waals surface area contributed by atoms with Crippen molar-refractivity contribution in [1.82, 2.24) is 19.7 Å². The molecule has 0 saturated heterocycles. The summed E-state index contributed by atoms with van der Waals surface area (Å²) < 4.78 is 12.6. The lowest BCUT2D eigenvalue weighted by atomic mass is 10.2. The van der Waals surface area contributed by atoms with Gasteiger partial charge in [-0.1, -0.05) is 17.8 Å². The fourth-order valence-electron chi connectivity index (χ4n) is 2.84. The fraction of sp³-hybridized carbons (Fsp3) is 0.143. The van der Waals surface area contributed by atoms with Crippen LogP contribution >= 0.6 is 11.8 Å². The summed E-state index contributed by atoms with van der Waals surface area (Å²) in [5.74, 6) is 2.17. The summed E-state index contributed by atoms with van der Waals surface area (Å²) in [6.45, 7) is 0.456. The van der Waals surface area contributed by atoms with Crippen molar-refractivity contribution >= 4 is 23.4 Å². The molecule has 0 fully saturated rings. The predicted octanol–water partition coefficient (Wildman–Crippen LogP) is 3.72. The second-order valence-electron chi connectivity index (χ2n) is 6.28. The van der Waals surface area contributed by atoms with Crippen molar-refractivity contribution in [2.45, 2.75) is 11.7 Å². The smallest absolute Gasteiger partial charge is 0.234 e. The highest BCUT2D eigenvalue weighted by atomic mass is 32.2. The molecule has 1 aromatic carbocycles. The SMILES string of the molecule is COc1cccc(NC(=O)CSc2nnc(-c3ccncc3)n2Cc2ccco2)c1. The highest BCUT2D eigenvalue weighted by Gasteiger charge is 2.17. The van der Waals surface area contributed by atoms with Gasteiger partial charge in [0.05, 0.1) is 25.7 Å². The van der Waals surface area contributed by atoms with E-state index in [0.717, 1.165) is 11.3 Å². The first-order valence-electron chi connectivity index (χ1n) is 9.15. The van der Waals surface area contributed by atoms with Crippen molar-refractivity contribution < 1.29 is 13.9 Å². The average molecular weight is 421 g/mol. The molecule has 0 aliphatic carbocycles. The van der Waals surface area contributed by atoms with E-state index in [1.54, 1.807) is 31.8 Å². The summed E-state index contributed by atoms with van der Waals surface area (Å²) in [6.07, 6.45) is 5.03. The van der Waals surface area contributed by atoms with Gasteiger partial charge < -0.3 is 14.5 Å². The van der Waals surface area contributed by atoms with Gasteiger partial charge in [0.1, 0.15) is 11.5 Å². The molecule has 9 heteroatoms. The maximum absolute atomic E-state index is 12.4. The summed E-state index contributed by atoms with van der Waals surface area (Å²) in [7, 11) is 1.59. The number of nitrogens with one attached hydrogen (secondary N) is 1. The molecule has 3 heterocycles. The molecule has 3 aromatic heterocycles. The molecule has 0 radical (unpaired) electrons. The van der Waals surface area contributed by atoms with Crippen LogP contribution in [0.1, 0.15) is 5.76 Å². The lowest BCUT2D eigenvalue weighted by Gasteiger charge is -2.09. The summed E-state index contributed by atoms with van der Waals surface area (Å²) in [5, 5.41) is 12.1. The Hall–Kier alpha value is -3.59. The van der Waals surface area contributed by atoms with Gasteiger partial charge in [-0.25, -0.2) is 0 Å². The minimum atomic E-state index is -0.147. The number of amides is 1. The van der Waals surface area contributed by atoms with Crippen molar-refractivity contribution in [3.05, 3.63) is 72.9 Å². The van der Waals surface area contributed by atoms with E-state index < -0.39 is 0 Å². The number of nitrogens with zero attached hydrogens (tertiary/aromatic N) is 4. The number of rotatable bonds is 8. The Morgan fingerprint density at radius 3 is 2.80 bits per heavy atom. The monoisotopic (exact) mass is 421 g/mol. The second kappa shape index (κ2) is 9.27. The number of furan rings is 1. The highest BCUT2D eigenvalue weighted by Crippen LogP contribution is 2.25. The van der Waals surface area contributed by atoms with Crippen LogP contribution < -0.4 is 10.1 Å². The van der Waals surface area contributed by atoms with E-state index in [9.17, 15) is 4.79 Å². The van der Waals surface area contributed by atoms with Crippen molar-refractivity contribution in [2.75, 3.05) is 18.2 Å². The maximum atomic E-state index is 12.4. The molecule has 30 heavy (non-hydrogen) atoms. The van der Waals surface area contributed by atoms with Crippen molar-refractivity contribution in [3.8, 4) is 17.1 Å². The zero-order valence-electron chi connectivity index (χ0n) is 16.2. The van der Waals surface area contributed by atoms with Crippen LogP contribution in [0, 0.1) is 0 Å². The van der Waals surface area contributed by atoms with Crippen LogP contribution in [0.25, 0.3) is 11.4 Å². The zero-order chi connectivity index (χ0) is 20.8. The number of carbonyl (C=O) groups is 1. The Bertz CT molecular complexity index is 1110. The van der Waals surface area contributed by atoms with Gasteiger partial charge in [0.25, 0.3) is 0 Å². The number of ether oxygens (including phenoxy) is 1. The van der Waals surface area contributed by atoms with Gasteiger partial charge in [-0.15, -0.1) is 10.2 Å². The predicted molar refractivity (Wildman–Crippen MR) is 113 cm³/mol. The summed E-state index contributed by atoms with van der Waals surface area (Å²) >= 11 is 1.31. The molecular formula is C21H19N5O3S. The van der Waals surface area contributed by atoms with Gasteiger partial charge in [-0.05, 0) is 36.4 Å². The van der Waals surface area contributed by atoms with Crippen LogP contribution in [-0.4, -0.2) is 38.5 Å². The molecule has 0 spiro atoms. The Balaban J connectivity index is 1.50. The van der Waals surface area contributed by atoms with Gasteiger partial charge in [0.2, 0.25) is 5.91 Å². The summed E-state index contributed by atoms with van der Waals surface area (Å²) in [4.78, 5) is 16.5. The number of hydrogen-bond acceptors (Lipinski definition) is 7. The molecule has 8 nitrogen and oxygen atoms in total. The molecule has 0 aliphatic heterocycles. The number of methoxy groups -OCH3 is 1. The zero-order valence-corrected chi connectivity index (χ0v) is 17.0. The third-order valence-corrected chi connectivity index (χ3v) is 5.20. The van der Waals surface area contributed by atoms with E-state index in [4.69, 9.17) is 9.15 Å². The van der Waals surface area contributed by atoms with Crippen molar-refractivity contribution in [2.24, 2.45) is 0 Å². The topological polar surface area (TPSA) is 95.1 Å². The van der Waals surface area contributed by atoms with Crippen molar-refractivity contribution in [1.29, 1.82) is 0 Å². The Labute approximate surface area is 177 Å².